The largest absolute Gasteiger partial charge is 0.466 e. The Labute approximate surface area is 102 Å². The zero-order valence-corrected chi connectivity index (χ0v) is 10.3. The first kappa shape index (κ1) is 13.4. The van der Waals surface area contributed by atoms with Gasteiger partial charge in [0.2, 0.25) is 0 Å². The van der Waals surface area contributed by atoms with Crippen molar-refractivity contribution >= 4 is 11.8 Å². The Balaban J connectivity index is 2.68. The number of ether oxygens (including phenoxy) is 1. The van der Waals surface area contributed by atoms with Crippen LogP contribution in [0.15, 0.2) is 30.3 Å². The summed E-state index contributed by atoms with van der Waals surface area (Å²) < 4.78 is 4.78. The second-order valence-corrected chi connectivity index (χ2v) is 3.82. The van der Waals surface area contributed by atoms with Gasteiger partial charge >= 0.3 is 5.97 Å². The Morgan fingerprint density at radius 2 is 1.82 bits per heavy atom. The SMILES string of the molecule is CCOC(=O)CC(=O)[C@@H](CC)c1ccccc1. The van der Waals surface area contributed by atoms with Crippen LogP contribution in [-0.4, -0.2) is 18.4 Å². The van der Waals surface area contributed by atoms with Gasteiger partial charge in [0.15, 0.2) is 5.78 Å². The predicted octanol–water partition coefficient (Wildman–Crippen LogP) is 2.70. The van der Waals surface area contributed by atoms with E-state index in [0.29, 0.717) is 13.0 Å². The van der Waals surface area contributed by atoms with Crippen LogP contribution in [-0.2, 0) is 14.3 Å². The second kappa shape index (κ2) is 6.84. The molecule has 1 rings (SSSR count). The van der Waals surface area contributed by atoms with E-state index in [1.165, 1.54) is 0 Å². The molecule has 0 aliphatic heterocycles. The minimum Gasteiger partial charge on any atom is -0.466 e. The fourth-order valence-corrected chi connectivity index (χ4v) is 1.81. The number of hydrogen-bond donors (Lipinski definition) is 0. The Bertz CT molecular complexity index is 370. The van der Waals surface area contributed by atoms with Gasteiger partial charge in [0.05, 0.1) is 6.61 Å². The van der Waals surface area contributed by atoms with Crippen molar-refractivity contribution in [2.24, 2.45) is 0 Å². The predicted molar refractivity (Wildman–Crippen MR) is 65.7 cm³/mol. The van der Waals surface area contributed by atoms with Crippen LogP contribution in [0.3, 0.4) is 0 Å². The van der Waals surface area contributed by atoms with Gasteiger partial charge in [-0.1, -0.05) is 37.3 Å². The molecule has 0 unspecified atom stereocenters. The average molecular weight is 234 g/mol. The molecule has 0 saturated heterocycles. The summed E-state index contributed by atoms with van der Waals surface area (Å²) in [4.78, 5) is 23.2. The molecule has 0 aliphatic carbocycles. The minimum absolute atomic E-state index is 0.0721. The van der Waals surface area contributed by atoms with Crippen molar-refractivity contribution in [1.29, 1.82) is 0 Å². The van der Waals surface area contributed by atoms with E-state index < -0.39 is 5.97 Å². The average Bonchev–Trinajstić information content (AvgIpc) is 2.31. The van der Waals surface area contributed by atoms with Gasteiger partial charge in [0.25, 0.3) is 0 Å². The summed E-state index contributed by atoms with van der Waals surface area (Å²) >= 11 is 0. The van der Waals surface area contributed by atoms with Crippen LogP contribution in [0.1, 0.15) is 38.2 Å². The van der Waals surface area contributed by atoms with Crippen molar-refractivity contribution in [3.63, 3.8) is 0 Å². The number of ketones is 1. The zero-order valence-electron chi connectivity index (χ0n) is 10.3. The van der Waals surface area contributed by atoms with Crippen molar-refractivity contribution in [2.45, 2.75) is 32.6 Å². The molecule has 0 amide bonds. The molecule has 3 heteroatoms. The molecular formula is C14H18O3. The van der Waals surface area contributed by atoms with E-state index in [9.17, 15) is 9.59 Å². The molecular weight excluding hydrogens is 216 g/mol. The molecule has 1 aromatic carbocycles. The maximum Gasteiger partial charge on any atom is 0.313 e. The molecule has 92 valence electrons. The van der Waals surface area contributed by atoms with Gasteiger partial charge in [-0.2, -0.15) is 0 Å². The van der Waals surface area contributed by atoms with Crippen molar-refractivity contribution in [1.82, 2.24) is 0 Å². The molecule has 1 atom stereocenters. The lowest BCUT2D eigenvalue weighted by molar-refractivity contribution is -0.145. The van der Waals surface area contributed by atoms with E-state index in [4.69, 9.17) is 4.74 Å². The third-order valence-electron chi connectivity index (χ3n) is 2.62. The monoisotopic (exact) mass is 234 g/mol. The Kier molecular flexibility index (Phi) is 5.40. The molecule has 3 nitrogen and oxygen atoms in total. The third-order valence-corrected chi connectivity index (χ3v) is 2.62. The van der Waals surface area contributed by atoms with E-state index in [1.54, 1.807) is 6.92 Å². The Morgan fingerprint density at radius 3 is 2.35 bits per heavy atom. The van der Waals surface area contributed by atoms with Gasteiger partial charge in [-0.15, -0.1) is 0 Å². The summed E-state index contributed by atoms with van der Waals surface area (Å²) in [5.41, 5.74) is 0.962. The van der Waals surface area contributed by atoms with Crippen molar-refractivity contribution in [2.75, 3.05) is 6.61 Å². The fraction of sp³-hybridized carbons (Fsp3) is 0.429. The van der Waals surface area contributed by atoms with E-state index in [-0.39, 0.29) is 18.1 Å². The normalized spacial score (nSPS) is 11.9. The first-order valence-corrected chi connectivity index (χ1v) is 5.92. The highest BCUT2D eigenvalue weighted by Gasteiger charge is 2.21. The molecule has 1 aromatic rings. The van der Waals surface area contributed by atoms with Crippen LogP contribution in [0, 0.1) is 0 Å². The summed E-state index contributed by atoms with van der Waals surface area (Å²) in [6.07, 6.45) is 0.559. The van der Waals surface area contributed by atoms with Crippen LogP contribution in [0.25, 0.3) is 0 Å². The highest BCUT2D eigenvalue weighted by Crippen LogP contribution is 2.21. The topological polar surface area (TPSA) is 43.4 Å². The molecule has 0 N–H and O–H groups in total. The van der Waals surface area contributed by atoms with Gasteiger partial charge < -0.3 is 4.74 Å². The smallest absolute Gasteiger partial charge is 0.313 e. The van der Waals surface area contributed by atoms with E-state index in [0.717, 1.165) is 5.56 Å². The Hall–Kier alpha value is -1.64. The standard InChI is InChI=1S/C14H18O3/c1-3-12(11-8-6-5-7-9-11)13(15)10-14(16)17-4-2/h5-9,12H,3-4,10H2,1-2H3/t12-/m0/s1. The van der Waals surface area contributed by atoms with E-state index in [2.05, 4.69) is 0 Å². The molecule has 0 bridgehead atoms. The Morgan fingerprint density at radius 1 is 1.18 bits per heavy atom. The lowest BCUT2D eigenvalue weighted by Gasteiger charge is -2.13. The number of benzene rings is 1. The molecule has 0 heterocycles. The zero-order chi connectivity index (χ0) is 12.7. The second-order valence-electron chi connectivity index (χ2n) is 3.82. The van der Waals surface area contributed by atoms with Crippen LogP contribution in [0.2, 0.25) is 0 Å². The van der Waals surface area contributed by atoms with Crippen molar-refractivity contribution < 1.29 is 14.3 Å². The maximum absolute atomic E-state index is 12.0. The van der Waals surface area contributed by atoms with Gasteiger partial charge in [0, 0.05) is 5.92 Å². The van der Waals surface area contributed by atoms with Gasteiger partial charge in [0.1, 0.15) is 6.42 Å². The summed E-state index contributed by atoms with van der Waals surface area (Å²) in [5, 5.41) is 0. The highest BCUT2D eigenvalue weighted by atomic mass is 16.5. The van der Waals surface area contributed by atoms with Crippen molar-refractivity contribution in [3.05, 3.63) is 35.9 Å². The fourth-order valence-electron chi connectivity index (χ4n) is 1.81. The van der Waals surface area contributed by atoms with Gasteiger partial charge in [-0.3, -0.25) is 9.59 Å². The molecule has 0 aliphatic rings. The number of carbonyl (C=O) groups excluding carboxylic acids is 2. The number of esters is 1. The van der Waals surface area contributed by atoms with Crippen LogP contribution >= 0.6 is 0 Å². The molecule has 0 fully saturated rings. The number of rotatable bonds is 6. The molecule has 17 heavy (non-hydrogen) atoms. The molecule has 0 radical (unpaired) electrons. The first-order valence-electron chi connectivity index (χ1n) is 5.92. The van der Waals surface area contributed by atoms with Gasteiger partial charge in [-0.25, -0.2) is 0 Å². The van der Waals surface area contributed by atoms with Gasteiger partial charge in [-0.05, 0) is 18.9 Å². The van der Waals surface area contributed by atoms with Crippen LogP contribution in [0.5, 0.6) is 0 Å². The quantitative estimate of drug-likeness (QED) is 0.561. The van der Waals surface area contributed by atoms with E-state index in [1.807, 2.05) is 37.3 Å². The summed E-state index contributed by atoms with van der Waals surface area (Å²) in [6.45, 7) is 3.99. The summed E-state index contributed by atoms with van der Waals surface area (Å²) in [6, 6.07) is 9.53. The molecule has 0 spiro atoms. The first-order chi connectivity index (χ1) is 8.19. The van der Waals surface area contributed by atoms with Crippen molar-refractivity contribution in [3.8, 4) is 0 Å². The van der Waals surface area contributed by atoms with Crippen LogP contribution < -0.4 is 0 Å². The summed E-state index contributed by atoms with van der Waals surface area (Å²) in [5.74, 6) is -0.718. The summed E-state index contributed by atoms with van der Waals surface area (Å²) in [7, 11) is 0. The maximum atomic E-state index is 12.0. The molecule has 0 saturated carbocycles. The van der Waals surface area contributed by atoms with E-state index >= 15 is 0 Å². The lowest BCUT2D eigenvalue weighted by Crippen LogP contribution is -2.17. The third kappa shape index (κ3) is 4.02. The number of carbonyl (C=O) groups is 2. The number of Topliss-reactive ketones (excluding diaryl/α,β-unsaturated/α-hetero) is 1. The lowest BCUT2D eigenvalue weighted by atomic mass is 9.91. The molecule has 0 aromatic heterocycles. The highest BCUT2D eigenvalue weighted by molar-refractivity contribution is 5.99. The van der Waals surface area contributed by atoms with Crippen LogP contribution in [0.4, 0.5) is 0 Å². The minimum atomic E-state index is -0.438. The number of hydrogen-bond acceptors (Lipinski definition) is 3.